The van der Waals surface area contributed by atoms with E-state index in [9.17, 15) is 28.7 Å². The van der Waals surface area contributed by atoms with Gasteiger partial charge in [0, 0.05) is 5.92 Å². The molecule has 1 heterocycles. The van der Waals surface area contributed by atoms with E-state index in [-0.39, 0.29) is 12.3 Å². The van der Waals surface area contributed by atoms with Gasteiger partial charge in [-0.05, 0) is 31.7 Å². The summed E-state index contributed by atoms with van der Waals surface area (Å²) in [5.41, 5.74) is 0. The van der Waals surface area contributed by atoms with Crippen molar-refractivity contribution in [3.8, 4) is 0 Å². The molecule has 3 unspecified atom stereocenters. The normalized spacial score (nSPS) is 36.4. The van der Waals surface area contributed by atoms with Gasteiger partial charge in [-0.25, -0.2) is 0 Å². The Morgan fingerprint density at radius 3 is 2.17 bits per heavy atom. The third-order valence-corrected chi connectivity index (χ3v) is 9.27. The average molecular weight is 317 g/mol. The van der Waals surface area contributed by atoms with Crippen LogP contribution in [0, 0.1) is 11.8 Å². The third-order valence-electron chi connectivity index (χ3n) is 4.14. The van der Waals surface area contributed by atoms with E-state index in [0.717, 1.165) is 0 Å². The van der Waals surface area contributed by atoms with Gasteiger partial charge in [0.15, 0.2) is 4.90 Å². The standard InChI is InChI=1S/C8H17NO6P2S/c10-16(11,12)8(17(13,14)15)3-1-5-2-4-9-7(18)6(5)8/h5-7,9,18H,1-4H2,(H2,10,11,12)(H2,13,14,15). The molecule has 3 atom stereocenters. The lowest BCUT2D eigenvalue weighted by Crippen LogP contribution is -2.49. The van der Waals surface area contributed by atoms with Crippen LogP contribution in [-0.2, 0) is 9.13 Å². The zero-order valence-electron chi connectivity index (χ0n) is 9.51. The van der Waals surface area contributed by atoms with Gasteiger partial charge < -0.3 is 24.9 Å². The summed E-state index contributed by atoms with van der Waals surface area (Å²) in [6.45, 7) is 0.647. The van der Waals surface area contributed by atoms with Crippen LogP contribution < -0.4 is 5.32 Å². The van der Waals surface area contributed by atoms with Crippen molar-refractivity contribution in [1.29, 1.82) is 0 Å². The first-order valence-electron chi connectivity index (χ1n) is 5.64. The molecule has 0 bridgehead atoms. The molecule has 2 rings (SSSR count). The SMILES string of the molecule is O=P(O)(O)C1(P(=O)(O)O)CCC2CCNC(S)C21. The van der Waals surface area contributed by atoms with Crippen molar-refractivity contribution in [2.75, 3.05) is 6.54 Å². The molecular formula is C8H17NO6P2S. The second-order valence-corrected chi connectivity index (χ2v) is 9.66. The third kappa shape index (κ3) is 2.03. The van der Waals surface area contributed by atoms with Gasteiger partial charge in [0.25, 0.3) is 0 Å². The summed E-state index contributed by atoms with van der Waals surface area (Å²) in [4.78, 5) is 35.8. The molecule has 106 valence electrons. The van der Waals surface area contributed by atoms with E-state index in [0.29, 0.717) is 19.4 Å². The fourth-order valence-electron chi connectivity index (χ4n) is 3.35. The molecule has 10 heteroatoms. The van der Waals surface area contributed by atoms with Crippen LogP contribution in [-0.4, -0.2) is 36.4 Å². The van der Waals surface area contributed by atoms with Crippen LogP contribution in [0.25, 0.3) is 0 Å². The fourth-order valence-corrected chi connectivity index (χ4v) is 7.91. The van der Waals surface area contributed by atoms with Crippen LogP contribution in [0.4, 0.5) is 0 Å². The highest BCUT2D eigenvalue weighted by molar-refractivity contribution is 7.81. The molecule has 1 aliphatic carbocycles. The van der Waals surface area contributed by atoms with Gasteiger partial charge in [0.2, 0.25) is 0 Å². The van der Waals surface area contributed by atoms with Crippen molar-refractivity contribution < 1.29 is 28.7 Å². The van der Waals surface area contributed by atoms with Gasteiger partial charge in [0.05, 0.1) is 5.37 Å². The van der Waals surface area contributed by atoms with Gasteiger partial charge in [-0.1, -0.05) is 0 Å². The second-order valence-electron chi connectivity index (χ2n) is 4.98. The minimum atomic E-state index is -4.94. The predicted octanol–water partition coefficient (Wildman–Crippen LogP) is 0.313. The lowest BCUT2D eigenvalue weighted by atomic mass is 9.89. The number of nitrogens with one attached hydrogen (secondary N) is 1. The van der Waals surface area contributed by atoms with E-state index in [2.05, 4.69) is 17.9 Å². The highest BCUT2D eigenvalue weighted by atomic mass is 32.1. The molecule has 0 spiro atoms. The van der Waals surface area contributed by atoms with E-state index >= 15 is 0 Å². The molecule has 0 aromatic rings. The Hall–Kier alpha value is 0.610. The maximum absolute atomic E-state index is 11.7. The van der Waals surface area contributed by atoms with Crippen LogP contribution >= 0.6 is 27.8 Å². The Balaban J connectivity index is 2.55. The van der Waals surface area contributed by atoms with Crippen molar-refractivity contribution in [3.63, 3.8) is 0 Å². The lowest BCUT2D eigenvalue weighted by Gasteiger charge is -2.42. The van der Waals surface area contributed by atoms with Crippen LogP contribution in [0.2, 0.25) is 0 Å². The topological polar surface area (TPSA) is 127 Å². The zero-order chi connectivity index (χ0) is 13.8. The predicted molar refractivity (Wildman–Crippen MR) is 68.4 cm³/mol. The molecular weight excluding hydrogens is 300 g/mol. The number of hydrogen-bond donors (Lipinski definition) is 6. The van der Waals surface area contributed by atoms with Crippen molar-refractivity contribution in [2.24, 2.45) is 11.8 Å². The van der Waals surface area contributed by atoms with E-state index in [1.807, 2.05) is 0 Å². The Bertz CT molecular complexity index is 411. The molecule has 0 radical (unpaired) electrons. The minimum Gasteiger partial charge on any atom is -0.324 e. The van der Waals surface area contributed by atoms with Gasteiger partial charge >= 0.3 is 15.2 Å². The largest absolute Gasteiger partial charge is 0.344 e. The Kier molecular flexibility index (Phi) is 3.81. The van der Waals surface area contributed by atoms with Gasteiger partial charge in [-0.3, -0.25) is 9.13 Å². The van der Waals surface area contributed by atoms with Crippen molar-refractivity contribution in [1.82, 2.24) is 5.32 Å². The average Bonchev–Trinajstić information content (AvgIpc) is 2.57. The Morgan fingerprint density at radius 2 is 1.67 bits per heavy atom. The molecule has 18 heavy (non-hydrogen) atoms. The van der Waals surface area contributed by atoms with E-state index in [1.54, 1.807) is 0 Å². The van der Waals surface area contributed by atoms with Crippen LogP contribution in [0.15, 0.2) is 0 Å². The van der Waals surface area contributed by atoms with Crippen LogP contribution in [0.5, 0.6) is 0 Å². The molecule has 2 aliphatic rings. The zero-order valence-corrected chi connectivity index (χ0v) is 12.2. The van der Waals surface area contributed by atoms with Gasteiger partial charge in [0.1, 0.15) is 0 Å². The van der Waals surface area contributed by atoms with Gasteiger partial charge in [-0.15, -0.1) is 0 Å². The summed E-state index contributed by atoms with van der Waals surface area (Å²) in [7, 11) is -9.89. The summed E-state index contributed by atoms with van der Waals surface area (Å²) < 4.78 is 23.5. The number of rotatable bonds is 2. The van der Waals surface area contributed by atoms with Crippen molar-refractivity contribution >= 4 is 27.8 Å². The fraction of sp³-hybridized carbons (Fsp3) is 1.00. The molecule has 1 aliphatic heterocycles. The molecule has 0 amide bonds. The second kappa shape index (κ2) is 4.57. The molecule has 1 saturated carbocycles. The highest BCUT2D eigenvalue weighted by Gasteiger charge is 2.70. The summed E-state index contributed by atoms with van der Waals surface area (Å²) in [5.74, 6) is -0.912. The Labute approximate surface area is 110 Å². The summed E-state index contributed by atoms with van der Waals surface area (Å²) in [5, 5.41) is 2.32. The summed E-state index contributed by atoms with van der Waals surface area (Å²) in [6, 6.07) is 0. The molecule has 1 saturated heterocycles. The van der Waals surface area contributed by atoms with Crippen LogP contribution in [0.1, 0.15) is 19.3 Å². The molecule has 0 aromatic heterocycles. The van der Waals surface area contributed by atoms with E-state index < -0.39 is 31.4 Å². The lowest BCUT2D eigenvalue weighted by molar-refractivity contribution is 0.222. The maximum atomic E-state index is 11.7. The summed E-state index contributed by atoms with van der Waals surface area (Å²) >= 11 is 4.22. The smallest absolute Gasteiger partial charge is 0.324 e. The number of hydrogen-bond acceptors (Lipinski definition) is 4. The van der Waals surface area contributed by atoms with Crippen molar-refractivity contribution in [3.05, 3.63) is 0 Å². The Morgan fingerprint density at radius 1 is 1.11 bits per heavy atom. The quantitative estimate of drug-likeness (QED) is 0.320. The number of fused-ring (bicyclic) bond motifs is 1. The monoisotopic (exact) mass is 317 g/mol. The van der Waals surface area contributed by atoms with Crippen molar-refractivity contribution in [2.45, 2.75) is 29.5 Å². The summed E-state index contributed by atoms with van der Waals surface area (Å²) in [6.07, 6.45) is 0.915. The number of piperidine rings is 1. The minimum absolute atomic E-state index is 0.103. The number of thiol groups is 1. The van der Waals surface area contributed by atoms with Gasteiger partial charge in [-0.2, -0.15) is 12.6 Å². The molecule has 7 nitrogen and oxygen atoms in total. The first-order valence-corrected chi connectivity index (χ1v) is 9.38. The molecule has 5 N–H and O–H groups in total. The molecule has 0 aromatic carbocycles. The van der Waals surface area contributed by atoms with Crippen LogP contribution in [0.3, 0.4) is 0 Å². The molecule has 2 fully saturated rings. The first kappa shape index (κ1) is 15.0. The van der Waals surface area contributed by atoms with E-state index in [4.69, 9.17) is 0 Å². The van der Waals surface area contributed by atoms with E-state index in [1.165, 1.54) is 0 Å². The highest BCUT2D eigenvalue weighted by Crippen LogP contribution is 2.78. The first-order chi connectivity index (χ1) is 8.11. The maximum Gasteiger partial charge on any atom is 0.344 e.